The van der Waals surface area contributed by atoms with Crippen molar-refractivity contribution >= 4 is 5.78 Å². The van der Waals surface area contributed by atoms with Crippen LogP contribution in [0, 0.1) is 39.4 Å². The molecule has 0 aliphatic heterocycles. The second kappa shape index (κ2) is 7.59. The molecule has 174 valence electrons. The van der Waals surface area contributed by atoms with E-state index < -0.39 is 0 Å². The molecule has 2 saturated carbocycles. The molecule has 1 nitrogen and oxygen atoms in total. The first-order chi connectivity index (χ1) is 14.3. The van der Waals surface area contributed by atoms with Gasteiger partial charge in [0, 0.05) is 12.8 Å². The number of carbonyl (C=O) groups is 1. The van der Waals surface area contributed by atoms with Crippen molar-refractivity contribution in [1.29, 1.82) is 0 Å². The maximum Gasteiger partial charge on any atom is 0.133 e. The summed E-state index contributed by atoms with van der Waals surface area (Å²) in [4.78, 5) is 12.2. The average Bonchev–Trinajstić information content (AvgIpc) is 2.98. The monoisotopic (exact) mass is 424 g/mol. The fourth-order valence-electron chi connectivity index (χ4n) is 8.60. The van der Waals surface area contributed by atoms with E-state index in [1.54, 1.807) is 0 Å². The van der Waals surface area contributed by atoms with Crippen LogP contribution in [0.5, 0.6) is 0 Å². The van der Waals surface area contributed by atoms with E-state index in [1.807, 2.05) is 11.1 Å². The van der Waals surface area contributed by atoms with Crippen LogP contribution in [-0.2, 0) is 4.79 Å². The molecule has 6 atom stereocenters. The van der Waals surface area contributed by atoms with Crippen LogP contribution in [-0.4, -0.2) is 5.78 Å². The number of fused-ring (bicyclic) bond motifs is 4. The highest BCUT2D eigenvalue weighted by atomic mass is 16.1. The molecule has 4 aliphatic carbocycles. The minimum absolute atomic E-state index is 0.255. The molecule has 1 heteroatoms. The van der Waals surface area contributed by atoms with Gasteiger partial charge in [-0.15, -0.1) is 0 Å². The maximum absolute atomic E-state index is 12.2. The normalized spacial score (nSPS) is 41.5. The van der Waals surface area contributed by atoms with Gasteiger partial charge in [-0.05, 0) is 104 Å². The fraction of sp³-hybridized carbons (Fsp3) is 0.833. The molecule has 2 fully saturated rings. The minimum atomic E-state index is 0.255. The zero-order valence-corrected chi connectivity index (χ0v) is 21.6. The van der Waals surface area contributed by atoms with E-state index in [2.05, 4.69) is 55.0 Å². The van der Waals surface area contributed by atoms with Crippen molar-refractivity contribution in [3.63, 3.8) is 0 Å². The Hall–Kier alpha value is -0.850. The number of hydrogen-bond donors (Lipinski definition) is 0. The molecule has 0 amide bonds. The van der Waals surface area contributed by atoms with Crippen LogP contribution in [0.4, 0.5) is 0 Å². The average molecular weight is 425 g/mol. The molecule has 0 bridgehead atoms. The van der Waals surface area contributed by atoms with Gasteiger partial charge < -0.3 is 0 Å². The first kappa shape index (κ1) is 23.3. The van der Waals surface area contributed by atoms with Gasteiger partial charge in [0.2, 0.25) is 0 Å². The molecular weight excluding hydrogens is 376 g/mol. The van der Waals surface area contributed by atoms with E-state index in [0.717, 1.165) is 31.1 Å². The number of Topliss-reactive ketones (excluding diaryl/α,β-unsaturated/α-hetero) is 1. The summed E-state index contributed by atoms with van der Waals surface area (Å²) >= 11 is 0. The van der Waals surface area contributed by atoms with Crippen molar-refractivity contribution in [3.05, 3.63) is 23.3 Å². The van der Waals surface area contributed by atoms with Gasteiger partial charge in [-0.25, -0.2) is 0 Å². The Bertz CT molecular complexity index is 799. The van der Waals surface area contributed by atoms with Crippen LogP contribution in [0.15, 0.2) is 23.3 Å². The smallest absolute Gasteiger partial charge is 0.133 e. The molecule has 0 heterocycles. The van der Waals surface area contributed by atoms with Gasteiger partial charge in [0.25, 0.3) is 0 Å². The van der Waals surface area contributed by atoms with Crippen LogP contribution in [0.2, 0.25) is 0 Å². The molecule has 0 aromatic carbocycles. The number of ketones is 1. The summed E-state index contributed by atoms with van der Waals surface area (Å²) in [6, 6.07) is 0. The number of hydrogen-bond acceptors (Lipinski definition) is 1. The highest BCUT2D eigenvalue weighted by Crippen LogP contribution is 2.71. The topological polar surface area (TPSA) is 17.1 Å². The molecule has 6 unspecified atom stereocenters. The predicted molar refractivity (Wildman–Crippen MR) is 132 cm³/mol. The molecular formula is C30H48O. The summed E-state index contributed by atoms with van der Waals surface area (Å²) < 4.78 is 0. The van der Waals surface area contributed by atoms with Crippen LogP contribution in [0.25, 0.3) is 0 Å². The lowest BCUT2D eigenvalue weighted by molar-refractivity contribution is -0.124. The lowest BCUT2D eigenvalue weighted by Gasteiger charge is -2.58. The summed E-state index contributed by atoms with van der Waals surface area (Å²) in [5.41, 5.74) is 6.36. The molecule has 0 aromatic heterocycles. The second-order valence-corrected chi connectivity index (χ2v) is 13.4. The molecule has 0 N–H and O–H groups in total. The lowest BCUT2D eigenvalue weighted by Crippen LogP contribution is -2.49. The molecule has 0 saturated heterocycles. The van der Waals surface area contributed by atoms with E-state index in [1.165, 1.54) is 56.9 Å². The van der Waals surface area contributed by atoms with Crippen molar-refractivity contribution in [2.45, 2.75) is 119 Å². The predicted octanol–water partition coefficient (Wildman–Crippen LogP) is 8.69. The molecule has 31 heavy (non-hydrogen) atoms. The van der Waals surface area contributed by atoms with Gasteiger partial charge in [0.05, 0.1) is 0 Å². The van der Waals surface area contributed by atoms with Gasteiger partial charge in [0.1, 0.15) is 5.78 Å². The van der Waals surface area contributed by atoms with Crippen LogP contribution in [0.3, 0.4) is 0 Å². The van der Waals surface area contributed by atoms with E-state index >= 15 is 0 Å². The SMILES string of the molecule is C=C(C)C(C)(C)CCC(C)C1CCC2(C)C3=C(CCC12C)C1(C)CCC(=O)CC1CC3. The Labute approximate surface area is 192 Å². The van der Waals surface area contributed by atoms with E-state index in [9.17, 15) is 4.79 Å². The maximum atomic E-state index is 12.2. The zero-order chi connectivity index (χ0) is 22.8. The Morgan fingerprint density at radius 1 is 1.06 bits per heavy atom. The van der Waals surface area contributed by atoms with Gasteiger partial charge in [-0.2, -0.15) is 0 Å². The highest BCUT2D eigenvalue weighted by molar-refractivity contribution is 5.80. The lowest BCUT2D eigenvalue weighted by atomic mass is 9.46. The largest absolute Gasteiger partial charge is 0.300 e. The van der Waals surface area contributed by atoms with Gasteiger partial charge >= 0.3 is 0 Å². The molecule has 0 aromatic rings. The third kappa shape index (κ3) is 3.43. The number of allylic oxidation sites excluding steroid dienone is 3. The first-order valence-electron chi connectivity index (χ1n) is 13.3. The number of rotatable bonds is 5. The quantitative estimate of drug-likeness (QED) is 0.403. The molecule has 0 radical (unpaired) electrons. The van der Waals surface area contributed by atoms with Gasteiger partial charge in [0.15, 0.2) is 0 Å². The summed E-state index contributed by atoms with van der Waals surface area (Å²) in [5, 5.41) is 0. The summed E-state index contributed by atoms with van der Waals surface area (Å²) in [7, 11) is 0. The van der Waals surface area contributed by atoms with Gasteiger partial charge in [-0.1, -0.05) is 64.8 Å². The molecule has 4 aliphatic rings. The van der Waals surface area contributed by atoms with Crippen molar-refractivity contribution in [2.24, 2.45) is 39.4 Å². The van der Waals surface area contributed by atoms with Crippen molar-refractivity contribution in [3.8, 4) is 0 Å². The van der Waals surface area contributed by atoms with E-state index in [4.69, 9.17) is 0 Å². The highest BCUT2D eigenvalue weighted by Gasteiger charge is 2.61. The number of carbonyl (C=O) groups excluding carboxylic acids is 1. The van der Waals surface area contributed by atoms with Crippen LogP contribution in [0.1, 0.15) is 119 Å². The Morgan fingerprint density at radius 2 is 1.77 bits per heavy atom. The van der Waals surface area contributed by atoms with Crippen LogP contribution >= 0.6 is 0 Å². The zero-order valence-electron chi connectivity index (χ0n) is 21.6. The molecule has 0 spiro atoms. The summed E-state index contributed by atoms with van der Waals surface area (Å²) in [5.74, 6) is 2.75. The third-order valence-electron chi connectivity index (χ3n) is 11.8. The van der Waals surface area contributed by atoms with Crippen molar-refractivity contribution < 1.29 is 4.79 Å². The second-order valence-electron chi connectivity index (χ2n) is 13.4. The van der Waals surface area contributed by atoms with Crippen LogP contribution < -0.4 is 0 Å². The minimum Gasteiger partial charge on any atom is -0.300 e. The Kier molecular flexibility index (Phi) is 5.71. The summed E-state index contributed by atoms with van der Waals surface area (Å²) in [6.07, 6.45) is 13.3. The fourth-order valence-corrected chi connectivity index (χ4v) is 8.60. The third-order valence-corrected chi connectivity index (χ3v) is 11.8. The summed E-state index contributed by atoms with van der Waals surface area (Å²) in [6.45, 7) is 21.6. The van der Waals surface area contributed by atoms with E-state index in [-0.39, 0.29) is 5.41 Å². The van der Waals surface area contributed by atoms with Crippen molar-refractivity contribution in [2.75, 3.05) is 0 Å². The first-order valence-corrected chi connectivity index (χ1v) is 13.3. The van der Waals surface area contributed by atoms with E-state index in [0.29, 0.717) is 27.9 Å². The van der Waals surface area contributed by atoms with Crippen molar-refractivity contribution in [1.82, 2.24) is 0 Å². The molecule has 4 rings (SSSR count). The Morgan fingerprint density at radius 3 is 2.45 bits per heavy atom. The van der Waals surface area contributed by atoms with Gasteiger partial charge in [-0.3, -0.25) is 4.79 Å². The standard InChI is InChI=1S/C30H48O/c1-20(2)27(4,5)15-11-21(3)24-13-17-30(8)26-10-9-22-19-23(31)12-16-28(22,6)25(26)14-18-29(24,30)7/h21-22,24H,1,9-19H2,2-8H3. The Balaban J connectivity index is 1.59.